The summed E-state index contributed by atoms with van der Waals surface area (Å²) in [7, 11) is 0. The molecule has 4 nitrogen and oxygen atoms in total. The quantitative estimate of drug-likeness (QED) is 0.723. The molecule has 0 aliphatic heterocycles. The molecule has 1 N–H and O–H groups in total. The SMILES string of the molecule is N#Cc1ccc(-c2csc(NC(=O)C=Cc3ccccc3)n2)cc1. The molecule has 3 rings (SSSR count). The third kappa shape index (κ3) is 3.94. The highest BCUT2D eigenvalue weighted by Gasteiger charge is 2.06. The number of thiazole rings is 1. The van der Waals surface area contributed by atoms with E-state index in [4.69, 9.17) is 5.26 Å². The van der Waals surface area contributed by atoms with E-state index in [0.717, 1.165) is 16.8 Å². The summed E-state index contributed by atoms with van der Waals surface area (Å²) in [6.45, 7) is 0. The Bertz CT molecular complexity index is 906. The smallest absolute Gasteiger partial charge is 0.250 e. The number of nitrogens with zero attached hydrogens (tertiary/aromatic N) is 2. The van der Waals surface area contributed by atoms with Gasteiger partial charge in [0.15, 0.2) is 5.13 Å². The number of aromatic nitrogens is 1. The number of carbonyl (C=O) groups excluding carboxylic acids is 1. The van der Waals surface area contributed by atoms with Gasteiger partial charge in [-0.25, -0.2) is 4.98 Å². The minimum absolute atomic E-state index is 0.223. The van der Waals surface area contributed by atoms with Crippen LogP contribution in [0, 0.1) is 11.3 Å². The third-order valence-corrected chi connectivity index (χ3v) is 4.03. The summed E-state index contributed by atoms with van der Waals surface area (Å²) in [6.07, 6.45) is 3.24. The Morgan fingerprint density at radius 3 is 2.58 bits per heavy atom. The van der Waals surface area contributed by atoms with E-state index in [1.807, 2.05) is 47.8 Å². The van der Waals surface area contributed by atoms with Crippen molar-refractivity contribution in [1.82, 2.24) is 4.98 Å². The maximum absolute atomic E-state index is 11.9. The van der Waals surface area contributed by atoms with Gasteiger partial charge in [-0.15, -0.1) is 11.3 Å². The summed E-state index contributed by atoms with van der Waals surface area (Å²) >= 11 is 1.36. The third-order valence-electron chi connectivity index (χ3n) is 3.27. The van der Waals surface area contributed by atoms with Gasteiger partial charge in [0.2, 0.25) is 5.91 Å². The predicted molar refractivity (Wildman–Crippen MR) is 96.4 cm³/mol. The fraction of sp³-hybridized carbons (Fsp3) is 0. The van der Waals surface area contributed by atoms with Gasteiger partial charge in [0.25, 0.3) is 0 Å². The van der Waals surface area contributed by atoms with Crippen molar-refractivity contribution in [3.05, 3.63) is 77.2 Å². The fourth-order valence-corrected chi connectivity index (χ4v) is 2.79. The van der Waals surface area contributed by atoms with Gasteiger partial charge in [-0.1, -0.05) is 42.5 Å². The van der Waals surface area contributed by atoms with E-state index < -0.39 is 0 Å². The molecular weight excluding hydrogens is 318 g/mol. The maximum atomic E-state index is 11.9. The van der Waals surface area contributed by atoms with Gasteiger partial charge >= 0.3 is 0 Å². The lowest BCUT2D eigenvalue weighted by molar-refractivity contribution is -0.111. The van der Waals surface area contributed by atoms with Crippen LogP contribution < -0.4 is 5.32 Å². The number of rotatable bonds is 4. The van der Waals surface area contributed by atoms with Crippen molar-refractivity contribution in [1.29, 1.82) is 5.26 Å². The number of hydrogen-bond acceptors (Lipinski definition) is 4. The Labute approximate surface area is 143 Å². The Kier molecular flexibility index (Phi) is 4.80. The van der Waals surface area contributed by atoms with Gasteiger partial charge in [-0.2, -0.15) is 5.26 Å². The molecule has 24 heavy (non-hydrogen) atoms. The van der Waals surface area contributed by atoms with E-state index in [1.54, 1.807) is 18.2 Å². The minimum Gasteiger partial charge on any atom is -0.298 e. The van der Waals surface area contributed by atoms with Crippen LogP contribution in [0.1, 0.15) is 11.1 Å². The molecule has 3 aromatic rings. The molecule has 5 heteroatoms. The summed E-state index contributed by atoms with van der Waals surface area (Å²) in [5, 5.41) is 14.0. The van der Waals surface area contributed by atoms with Crippen LogP contribution >= 0.6 is 11.3 Å². The first-order valence-corrected chi connectivity index (χ1v) is 8.13. The molecule has 0 spiro atoms. The molecule has 0 aliphatic carbocycles. The standard InChI is InChI=1S/C19H13N3OS/c20-12-15-6-9-16(10-7-15)17-13-24-19(21-17)22-18(23)11-8-14-4-2-1-3-5-14/h1-11,13H,(H,21,22,23). The molecule has 1 amide bonds. The molecule has 0 fully saturated rings. The summed E-state index contributed by atoms with van der Waals surface area (Å²) < 4.78 is 0. The minimum atomic E-state index is -0.223. The van der Waals surface area contributed by atoms with Crippen LogP contribution in [-0.4, -0.2) is 10.9 Å². The van der Waals surface area contributed by atoms with Crippen molar-refractivity contribution in [2.24, 2.45) is 0 Å². The summed E-state index contributed by atoms with van der Waals surface area (Å²) in [4.78, 5) is 16.3. The monoisotopic (exact) mass is 331 g/mol. The zero-order chi connectivity index (χ0) is 16.8. The van der Waals surface area contributed by atoms with E-state index in [2.05, 4.69) is 16.4 Å². The molecule has 0 atom stereocenters. The Morgan fingerprint density at radius 2 is 1.88 bits per heavy atom. The molecule has 0 radical (unpaired) electrons. The topological polar surface area (TPSA) is 65.8 Å². The molecule has 1 aromatic heterocycles. The van der Waals surface area contributed by atoms with E-state index in [1.165, 1.54) is 17.4 Å². The number of nitriles is 1. The van der Waals surface area contributed by atoms with Crippen molar-refractivity contribution in [2.45, 2.75) is 0 Å². The molecule has 0 saturated carbocycles. The zero-order valence-corrected chi connectivity index (χ0v) is 13.5. The fourth-order valence-electron chi connectivity index (χ4n) is 2.06. The zero-order valence-electron chi connectivity index (χ0n) is 12.6. The Hall–Kier alpha value is -3.23. The van der Waals surface area contributed by atoms with Gasteiger partial charge < -0.3 is 0 Å². The van der Waals surface area contributed by atoms with Crippen molar-refractivity contribution in [2.75, 3.05) is 5.32 Å². The molecule has 1 heterocycles. The summed E-state index contributed by atoms with van der Waals surface area (Å²) in [6, 6.07) is 18.9. The van der Waals surface area contributed by atoms with Crippen LogP contribution in [0.5, 0.6) is 0 Å². The number of nitrogens with one attached hydrogen (secondary N) is 1. The lowest BCUT2D eigenvalue weighted by Crippen LogP contribution is -2.07. The highest BCUT2D eigenvalue weighted by Crippen LogP contribution is 2.25. The normalized spacial score (nSPS) is 10.5. The molecule has 0 bridgehead atoms. The van der Waals surface area contributed by atoms with E-state index in [-0.39, 0.29) is 5.91 Å². The molecule has 0 unspecified atom stereocenters. The van der Waals surface area contributed by atoms with Crippen LogP contribution in [0.15, 0.2) is 66.1 Å². The highest BCUT2D eigenvalue weighted by atomic mass is 32.1. The lowest BCUT2D eigenvalue weighted by atomic mass is 10.1. The number of benzene rings is 2. The largest absolute Gasteiger partial charge is 0.298 e. The number of amides is 1. The van der Waals surface area contributed by atoms with Crippen molar-refractivity contribution < 1.29 is 4.79 Å². The second kappa shape index (κ2) is 7.36. The van der Waals surface area contributed by atoms with Crippen molar-refractivity contribution >= 4 is 28.5 Å². The van der Waals surface area contributed by atoms with Crippen LogP contribution in [0.25, 0.3) is 17.3 Å². The van der Waals surface area contributed by atoms with Gasteiger partial charge in [-0.3, -0.25) is 10.1 Å². The van der Waals surface area contributed by atoms with Gasteiger partial charge in [-0.05, 0) is 23.8 Å². The molecular formula is C19H13N3OS. The lowest BCUT2D eigenvalue weighted by Gasteiger charge is -1.97. The maximum Gasteiger partial charge on any atom is 0.250 e. The van der Waals surface area contributed by atoms with E-state index in [9.17, 15) is 4.79 Å². The molecule has 0 saturated heterocycles. The molecule has 116 valence electrons. The van der Waals surface area contributed by atoms with Gasteiger partial charge in [0.05, 0.1) is 17.3 Å². The average molecular weight is 331 g/mol. The summed E-state index contributed by atoms with van der Waals surface area (Å²) in [5.41, 5.74) is 3.25. The van der Waals surface area contributed by atoms with Crippen molar-refractivity contribution in [3.8, 4) is 17.3 Å². The number of hydrogen-bond donors (Lipinski definition) is 1. The Morgan fingerprint density at radius 1 is 1.12 bits per heavy atom. The van der Waals surface area contributed by atoms with Crippen molar-refractivity contribution in [3.63, 3.8) is 0 Å². The second-order valence-electron chi connectivity index (χ2n) is 4.96. The highest BCUT2D eigenvalue weighted by molar-refractivity contribution is 7.14. The second-order valence-corrected chi connectivity index (χ2v) is 5.82. The number of anilines is 1. The van der Waals surface area contributed by atoms with Crippen LogP contribution in [0.4, 0.5) is 5.13 Å². The van der Waals surface area contributed by atoms with Crippen LogP contribution in [0.3, 0.4) is 0 Å². The Balaban J connectivity index is 1.66. The first-order valence-electron chi connectivity index (χ1n) is 7.25. The van der Waals surface area contributed by atoms with Gasteiger partial charge in [0.1, 0.15) is 0 Å². The first kappa shape index (κ1) is 15.7. The first-order chi connectivity index (χ1) is 11.7. The van der Waals surface area contributed by atoms with E-state index >= 15 is 0 Å². The van der Waals surface area contributed by atoms with E-state index in [0.29, 0.717) is 10.7 Å². The molecule has 0 aliphatic rings. The van der Waals surface area contributed by atoms with Crippen LogP contribution in [0.2, 0.25) is 0 Å². The summed E-state index contributed by atoms with van der Waals surface area (Å²) in [5.74, 6) is -0.223. The average Bonchev–Trinajstić information content (AvgIpc) is 3.09. The number of carbonyl (C=O) groups is 1. The predicted octanol–water partition coefficient (Wildman–Crippen LogP) is 4.33. The molecule has 2 aromatic carbocycles. The van der Waals surface area contributed by atoms with Gasteiger partial charge in [0, 0.05) is 17.0 Å². The van der Waals surface area contributed by atoms with Crippen LogP contribution in [-0.2, 0) is 4.79 Å².